The van der Waals surface area contributed by atoms with Gasteiger partial charge in [-0.15, -0.1) is 0 Å². The van der Waals surface area contributed by atoms with Crippen molar-refractivity contribution in [2.75, 3.05) is 0 Å². The highest BCUT2D eigenvalue weighted by Crippen LogP contribution is 2.20. The van der Waals surface area contributed by atoms with E-state index in [0.29, 0.717) is 18.1 Å². The molecule has 0 radical (unpaired) electrons. The molecule has 0 aliphatic rings. The van der Waals surface area contributed by atoms with Gasteiger partial charge in [-0.25, -0.2) is 9.37 Å². The van der Waals surface area contributed by atoms with Crippen LogP contribution in [0.25, 0.3) is 0 Å². The van der Waals surface area contributed by atoms with Gasteiger partial charge >= 0.3 is 0 Å². The minimum atomic E-state index is -0.413. The highest BCUT2D eigenvalue weighted by Gasteiger charge is 2.07. The Morgan fingerprint density at radius 1 is 1.28 bits per heavy atom. The molecule has 0 saturated carbocycles. The molecule has 3 nitrogen and oxygen atoms in total. The second kappa shape index (κ2) is 5.93. The van der Waals surface area contributed by atoms with Crippen LogP contribution in [0.1, 0.15) is 11.1 Å². The summed E-state index contributed by atoms with van der Waals surface area (Å²) in [7, 11) is 0. The smallest absolute Gasteiger partial charge is 0.218 e. The Morgan fingerprint density at radius 3 is 2.78 bits per heavy atom. The van der Waals surface area contributed by atoms with E-state index >= 15 is 0 Å². The van der Waals surface area contributed by atoms with Gasteiger partial charge in [0, 0.05) is 22.1 Å². The second-order valence-corrected chi connectivity index (χ2v) is 4.56. The number of nitrogens with two attached hydrogens (primary N) is 1. The molecule has 2 rings (SSSR count). The third-order valence-corrected chi connectivity index (χ3v) is 3.21. The monoisotopic (exact) mass is 310 g/mol. The maximum atomic E-state index is 13.0. The van der Waals surface area contributed by atoms with Gasteiger partial charge in [-0.1, -0.05) is 34.1 Å². The molecule has 0 saturated heterocycles. The van der Waals surface area contributed by atoms with Gasteiger partial charge in [0.05, 0.1) is 6.20 Å². The molecule has 0 bridgehead atoms. The molecule has 2 aromatic rings. The number of nitrogens with zero attached hydrogens (tertiary/aromatic N) is 1. The van der Waals surface area contributed by atoms with Gasteiger partial charge in [0.25, 0.3) is 0 Å². The van der Waals surface area contributed by atoms with Crippen LogP contribution in [-0.4, -0.2) is 4.98 Å². The van der Waals surface area contributed by atoms with E-state index in [1.165, 1.54) is 6.07 Å². The first-order chi connectivity index (χ1) is 8.70. The number of rotatable bonds is 4. The van der Waals surface area contributed by atoms with Gasteiger partial charge in [0.15, 0.2) is 0 Å². The van der Waals surface area contributed by atoms with Crippen molar-refractivity contribution in [3.05, 3.63) is 57.9 Å². The Bertz CT molecular complexity index is 548. The Balaban J connectivity index is 2.13. The lowest BCUT2D eigenvalue weighted by molar-refractivity contribution is 0.289. The van der Waals surface area contributed by atoms with Crippen molar-refractivity contribution < 1.29 is 9.13 Å². The van der Waals surface area contributed by atoms with Crippen LogP contribution in [0.3, 0.4) is 0 Å². The van der Waals surface area contributed by atoms with E-state index < -0.39 is 5.82 Å². The van der Waals surface area contributed by atoms with Crippen molar-refractivity contribution in [1.82, 2.24) is 4.98 Å². The largest absolute Gasteiger partial charge is 0.473 e. The molecule has 94 valence electrons. The normalized spacial score (nSPS) is 10.4. The molecule has 0 spiro atoms. The van der Waals surface area contributed by atoms with Gasteiger partial charge < -0.3 is 10.5 Å². The van der Waals surface area contributed by atoms with E-state index in [1.54, 1.807) is 0 Å². The lowest BCUT2D eigenvalue weighted by atomic mass is 10.2. The molecule has 0 fully saturated rings. The van der Waals surface area contributed by atoms with Gasteiger partial charge in [-0.3, -0.25) is 0 Å². The predicted octanol–water partition coefficient (Wildman–Crippen LogP) is 3.02. The van der Waals surface area contributed by atoms with Crippen LogP contribution < -0.4 is 10.5 Å². The molecule has 18 heavy (non-hydrogen) atoms. The highest BCUT2D eigenvalue weighted by molar-refractivity contribution is 9.10. The summed E-state index contributed by atoms with van der Waals surface area (Å²) < 4.78 is 19.5. The van der Waals surface area contributed by atoms with Crippen LogP contribution in [0.4, 0.5) is 4.39 Å². The van der Waals surface area contributed by atoms with E-state index in [2.05, 4.69) is 20.9 Å². The Morgan fingerprint density at radius 2 is 2.06 bits per heavy atom. The van der Waals surface area contributed by atoms with Crippen molar-refractivity contribution in [3.63, 3.8) is 0 Å². The van der Waals surface area contributed by atoms with E-state index in [4.69, 9.17) is 10.5 Å². The maximum absolute atomic E-state index is 13.0. The summed E-state index contributed by atoms with van der Waals surface area (Å²) in [4.78, 5) is 3.90. The molecule has 0 amide bonds. The molecule has 0 atom stereocenters. The zero-order chi connectivity index (χ0) is 13.0. The van der Waals surface area contributed by atoms with Gasteiger partial charge in [-0.05, 0) is 12.1 Å². The number of pyridine rings is 1. The average molecular weight is 311 g/mol. The van der Waals surface area contributed by atoms with Crippen molar-refractivity contribution in [1.29, 1.82) is 0 Å². The molecule has 0 unspecified atom stereocenters. The van der Waals surface area contributed by atoms with E-state index in [-0.39, 0.29) is 6.54 Å². The molecule has 1 heterocycles. The SMILES string of the molecule is NCc1cc(F)cnc1OCc1ccccc1Br. The summed E-state index contributed by atoms with van der Waals surface area (Å²) in [5.74, 6) is -0.0432. The number of halogens is 2. The minimum absolute atomic E-state index is 0.191. The third kappa shape index (κ3) is 3.05. The lowest BCUT2D eigenvalue weighted by Gasteiger charge is -2.10. The fourth-order valence-corrected chi connectivity index (χ4v) is 1.91. The van der Waals surface area contributed by atoms with Gasteiger partial charge in [-0.2, -0.15) is 0 Å². The van der Waals surface area contributed by atoms with Crippen molar-refractivity contribution in [2.24, 2.45) is 5.73 Å². The second-order valence-electron chi connectivity index (χ2n) is 3.70. The van der Waals surface area contributed by atoms with Crippen LogP contribution in [-0.2, 0) is 13.2 Å². The van der Waals surface area contributed by atoms with Crippen LogP contribution in [0.5, 0.6) is 5.88 Å². The van der Waals surface area contributed by atoms with Crippen LogP contribution in [0.2, 0.25) is 0 Å². The molecule has 0 aliphatic heterocycles. The first-order valence-electron chi connectivity index (χ1n) is 5.41. The molecule has 5 heteroatoms. The summed E-state index contributed by atoms with van der Waals surface area (Å²) in [6.07, 6.45) is 1.12. The van der Waals surface area contributed by atoms with Crippen LogP contribution >= 0.6 is 15.9 Å². The number of benzene rings is 1. The minimum Gasteiger partial charge on any atom is -0.473 e. The molecule has 0 aliphatic carbocycles. The average Bonchev–Trinajstić information content (AvgIpc) is 2.39. The van der Waals surface area contributed by atoms with E-state index in [1.807, 2.05) is 24.3 Å². The molecule has 1 aromatic heterocycles. The van der Waals surface area contributed by atoms with Gasteiger partial charge in [0.2, 0.25) is 5.88 Å². The highest BCUT2D eigenvalue weighted by atomic mass is 79.9. The zero-order valence-corrected chi connectivity index (χ0v) is 11.2. The number of hydrogen-bond donors (Lipinski definition) is 1. The third-order valence-electron chi connectivity index (χ3n) is 2.43. The standard InChI is InChI=1S/C13H12BrFN2O/c14-12-4-2-1-3-9(12)8-18-13-10(6-16)5-11(15)7-17-13/h1-5,7H,6,8,16H2. The van der Waals surface area contributed by atoms with Gasteiger partial charge in [0.1, 0.15) is 12.4 Å². The van der Waals surface area contributed by atoms with E-state index in [9.17, 15) is 4.39 Å². The topological polar surface area (TPSA) is 48.1 Å². The zero-order valence-electron chi connectivity index (χ0n) is 9.57. The quantitative estimate of drug-likeness (QED) is 0.944. The lowest BCUT2D eigenvalue weighted by Crippen LogP contribution is -2.05. The summed E-state index contributed by atoms with van der Waals surface area (Å²) >= 11 is 3.43. The first kappa shape index (κ1) is 13.0. The Labute approximate surface area is 113 Å². The number of hydrogen-bond acceptors (Lipinski definition) is 3. The van der Waals surface area contributed by atoms with Crippen LogP contribution in [0, 0.1) is 5.82 Å². The summed E-state index contributed by atoms with van der Waals surface area (Å²) in [5, 5.41) is 0. The fraction of sp³-hybridized carbons (Fsp3) is 0.154. The first-order valence-corrected chi connectivity index (χ1v) is 6.20. The predicted molar refractivity (Wildman–Crippen MR) is 70.6 cm³/mol. The molecule has 2 N–H and O–H groups in total. The molecular formula is C13H12BrFN2O. The van der Waals surface area contributed by atoms with Crippen molar-refractivity contribution in [3.8, 4) is 5.88 Å². The Hall–Kier alpha value is -1.46. The Kier molecular flexibility index (Phi) is 4.28. The summed E-state index contributed by atoms with van der Waals surface area (Å²) in [5.41, 5.74) is 7.07. The van der Waals surface area contributed by atoms with Crippen LogP contribution in [0.15, 0.2) is 41.0 Å². The molecule has 1 aromatic carbocycles. The number of ether oxygens (including phenoxy) is 1. The summed E-state index contributed by atoms with van der Waals surface area (Å²) in [6, 6.07) is 9.05. The van der Waals surface area contributed by atoms with E-state index in [0.717, 1.165) is 16.2 Å². The molecular weight excluding hydrogens is 299 g/mol. The maximum Gasteiger partial charge on any atom is 0.218 e. The fourth-order valence-electron chi connectivity index (χ4n) is 1.51. The number of aromatic nitrogens is 1. The summed E-state index contributed by atoms with van der Waals surface area (Å²) in [6.45, 7) is 0.545. The van der Waals surface area contributed by atoms with Crippen molar-refractivity contribution >= 4 is 15.9 Å². The van der Waals surface area contributed by atoms with Crippen molar-refractivity contribution in [2.45, 2.75) is 13.2 Å².